The molecule has 1 heterocycles. The van der Waals surface area contributed by atoms with E-state index in [0.717, 1.165) is 14.6 Å². The monoisotopic (exact) mass is 353 g/mol. The summed E-state index contributed by atoms with van der Waals surface area (Å²) in [5.74, 6) is -3.46. The van der Waals surface area contributed by atoms with Crippen LogP contribution in [0.1, 0.15) is 0 Å². The molecule has 3 N–H and O–H groups in total. The summed E-state index contributed by atoms with van der Waals surface area (Å²) < 4.78 is 27.5. The first-order valence-corrected chi connectivity index (χ1v) is 7.63. The van der Waals surface area contributed by atoms with Crippen molar-refractivity contribution >= 4 is 51.6 Å². The fourth-order valence-electron chi connectivity index (χ4n) is 1.39. The Hall–Kier alpha value is -0.960. The number of benzene rings is 1. The summed E-state index contributed by atoms with van der Waals surface area (Å²) in [5.41, 5.74) is 5.76. The van der Waals surface area contributed by atoms with E-state index >= 15 is 0 Å². The van der Waals surface area contributed by atoms with Gasteiger partial charge in [-0.15, -0.1) is 23.7 Å². The number of carbonyl (C=O) groups excluding carboxylic acids is 1. The zero-order chi connectivity index (χ0) is 14.6. The molecule has 9 heteroatoms. The van der Waals surface area contributed by atoms with Crippen LogP contribution in [-0.4, -0.2) is 35.7 Å². The van der Waals surface area contributed by atoms with E-state index in [9.17, 15) is 13.6 Å². The summed E-state index contributed by atoms with van der Waals surface area (Å²) in [7, 11) is 0. The first-order valence-electron chi connectivity index (χ1n) is 5.83. The molecule has 0 bridgehead atoms. The van der Waals surface area contributed by atoms with Crippen molar-refractivity contribution in [3.63, 3.8) is 0 Å². The maximum atomic E-state index is 12.9. The molecule has 2 rings (SSSR count). The lowest BCUT2D eigenvalue weighted by atomic mass is 10.3. The molecule has 1 amide bonds. The van der Waals surface area contributed by atoms with Gasteiger partial charge in [-0.25, -0.2) is 13.8 Å². The van der Waals surface area contributed by atoms with Gasteiger partial charge in [0.05, 0.1) is 29.1 Å². The molecule has 4 nitrogen and oxygen atoms in total. The summed E-state index contributed by atoms with van der Waals surface area (Å²) in [5, 5.41) is 2.16. The van der Waals surface area contributed by atoms with Crippen LogP contribution in [0, 0.1) is 0 Å². The van der Waals surface area contributed by atoms with Gasteiger partial charge in [0.1, 0.15) is 0 Å². The van der Waals surface area contributed by atoms with Gasteiger partial charge in [-0.1, -0.05) is 23.9 Å². The lowest BCUT2D eigenvalue weighted by Gasteiger charge is -2.14. The molecule has 0 atom stereocenters. The number of nitrogens with one attached hydrogen (secondary N) is 1. The van der Waals surface area contributed by atoms with Gasteiger partial charge >= 0.3 is 0 Å². The van der Waals surface area contributed by atoms with Gasteiger partial charge in [0.2, 0.25) is 5.91 Å². The smallest absolute Gasteiger partial charge is 0.277 e. The highest BCUT2D eigenvalue weighted by Crippen LogP contribution is 2.29. The third kappa shape index (κ3) is 5.39. The number of aromatic nitrogens is 1. The van der Waals surface area contributed by atoms with E-state index in [1.807, 2.05) is 24.3 Å². The number of alkyl halides is 2. The molecule has 1 aromatic heterocycles. The zero-order valence-electron chi connectivity index (χ0n) is 10.8. The minimum atomic E-state index is -3.06. The number of fused-ring (bicyclic) bond motifs is 1. The normalized spacial score (nSPS) is 11.2. The second-order valence-corrected chi connectivity index (χ2v) is 6.33. The summed E-state index contributed by atoms with van der Waals surface area (Å²) in [4.78, 5) is 15.8. The number of rotatable bonds is 6. The third-order valence-corrected chi connectivity index (χ3v) is 4.62. The number of thioether (sulfide) groups is 1. The highest BCUT2D eigenvalue weighted by Gasteiger charge is 2.27. The van der Waals surface area contributed by atoms with Gasteiger partial charge in [-0.2, -0.15) is 0 Å². The highest BCUT2D eigenvalue weighted by molar-refractivity contribution is 8.01. The fraction of sp³-hybridized carbons (Fsp3) is 0.333. The number of nitrogens with two attached hydrogens (primary N) is 1. The Morgan fingerprint density at radius 3 is 2.81 bits per heavy atom. The lowest BCUT2D eigenvalue weighted by Crippen LogP contribution is -2.42. The van der Waals surface area contributed by atoms with E-state index in [2.05, 4.69) is 10.3 Å². The van der Waals surface area contributed by atoms with Crippen molar-refractivity contribution in [3.8, 4) is 0 Å². The number of hydrogen-bond donors (Lipinski definition) is 2. The molecular weight excluding hydrogens is 340 g/mol. The SMILES string of the molecule is Cl.NCC(F)(F)CNC(=O)CSc1nc2ccccc2s1. The van der Waals surface area contributed by atoms with Crippen LogP contribution >= 0.6 is 35.5 Å². The second-order valence-electron chi connectivity index (χ2n) is 4.07. The minimum absolute atomic E-state index is 0. The van der Waals surface area contributed by atoms with Gasteiger partial charge in [-0.05, 0) is 12.1 Å². The molecule has 1 aromatic carbocycles. The van der Waals surface area contributed by atoms with Crippen molar-refractivity contribution in [3.05, 3.63) is 24.3 Å². The number of nitrogens with zero attached hydrogens (tertiary/aromatic N) is 1. The molecule has 0 aliphatic heterocycles. The van der Waals surface area contributed by atoms with Crippen LogP contribution in [-0.2, 0) is 4.79 Å². The summed E-state index contributed by atoms with van der Waals surface area (Å²) in [6.07, 6.45) is 0. The van der Waals surface area contributed by atoms with Crippen molar-refractivity contribution in [1.82, 2.24) is 10.3 Å². The van der Waals surface area contributed by atoms with Crippen molar-refractivity contribution in [1.29, 1.82) is 0 Å². The number of carbonyl (C=O) groups is 1. The predicted molar refractivity (Wildman–Crippen MR) is 84.6 cm³/mol. The van der Waals surface area contributed by atoms with E-state index in [-0.39, 0.29) is 18.2 Å². The van der Waals surface area contributed by atoms with E-state index in [4.69, 9.17) is 5.73 Å². The lowest BCUT2D eigenvalue weighted by molar-refractivity contribution is -0.120. The van der Waals surface area contributed by atoms with E-state index in [1.165, 1.54) is 23.1 Å². The average molecular weight is 354 g/mol. The summed E-state index contributed by atoms with van der Waals surface area (Å²) in [6, 6.07) is 7.63. The molecule has 116 valence electrons. The van der Waals surface area contributed by atoms with Crippen molar-refractivity contribution in [2.75, 3.05) is 18.8 Å². The quantitative estimate of drug-likeness (QED) is 0.783. The zero-order valence-corrected chi connectivity index (χ0v) is 13.3. The Morgan fingerprint density at radius 1 is 1.43 bits per heavy atom. The fourth-order valence-corrected chi connectivity index (χ4v) is 3.29. The Bertz CT molecular complexity index is 576. The standard InChI is InChI=1S/C12H13F2N3OS2.ClH/c13-12(14,6-15)7-16-10(18)5-19-11-17-8-3-1-2-4-9(8)20-11;/h1-4H,5-7,15H2,(H,16,18);1H. The van der Waals surface area contributed by atoms with E-state index in [0.29, 0.717) is 0 Å². The van der Waals surface area contributed by atoms with Crippen LogP contribution in [0.3, 0.4) is 0 Å². The van der Waals surface area contributed by atoms with Gasteiger partial charge < -0.3 is 11.1 Å². The van der Waals surface area contributed by atoms with Gasteiger partial charge in [-0.3, -0.25) is 4.79 Å². The number of hydrogen-bond acceptors (Lipinski definition) is 5. The third-order valence-electron chi connectivity index (χ3n) is 2.44. The maximum Gasteiger partial charge on any atom is 0.277 e. The molecule has 0 aliphatic rings. The molecule has 0 aliphatic carbocycles. The second kappa shape index (κ2) is 7.88. The minimum Gasteiger partial charge on any atom is -0.349 e. The van der Waals surface area contributed by atoms with Crippen molar-refractivity contribution in [2.45, 2.75) is 10.3 Å². The van der Waals surface area contributed by atoms with Crippen LogP contribution < -0.4 is 11.1 Å². The molecule has 0 spiro atoms. The average Bonchev–Trinajstić information content (AvgIpc) is 2.86. The molecule has 0 saturated carbocycles. The van der Waals surface area contributed by atoms with Gasteiger partial charge in [0.15, 0.2) is 4.34 Å². The van der Waals surface area contributed by atoms with Crippen LogP contribution in [0.15, 0.2) is 28.6 Å². The number of para-hydroxylation sites is 1. The molecule has 0 fully saturated rings. The number of thiazole rings is 1. The topological polar surface area (TPSA) is 68.0 Å². The molecule has 21 heavy (non-hydrogen) atoms. The number of halogens is 3. The Labute approximate surface area is 134 Å². The summed E-state index contributed by atoms with van der Waals surface area (Å²) >= 11 is 2.70. The van der Waals surface area contributed by atoms with Crippen LogP contribution in [0.4, 0.5) is 8.78 Å². The first-order chi connectivity index (χ1) is 9.50. The van der Waals surface area contributed by atoms with Crippen molar-refractivity contribution < 1.29 is 13.6 Å². The maximum absolute atomic E-state index is 12.9. The van der Waals surface area contributed by atoms with Crippen LogP contribution in [0.25, 0.3) is 10.2 Å². The molecule has 0 unspecified atom stereocenters. The molecule has 2 aromatic rings. The summed E-state index contributed by atoms with van der Waals surface area (Å²) in [6.45, 7) is -1.51. The van der Waals surface area contributed by atoms with Gasteiger partial charge in [0, 0.05) is 0 Å². The van der Waals surface area contributed by atoms with Crippen LogP contribution in [0.2, 0.25) is 0 Å². The predicted octanol–water partition coefficient (Wildman–Crippen LogP) is 2.52. The van der Waals surface area contributed by atoms with E-state index < -0.39 is 24.9 Å². The van der Waals surface area contributed by atoms with Crippen molar-refractivity contribution in [2.24, 2.45) is 5.73 Å². The van der Waals surface area contributed by atoms with Crippen LogP contribution in [0.5, 0.6) is 0 Å². The largest absolute Gasteiger partial charge is 0.349 e. The molecule has 0 radical (unpaired) electrons. The van der Waals surface area contributed by atoms with E-state index in [1.54, 1.807) is 0 Å². The molecule has 0 saturated heterocycles. The molecular formula is C12H14ClF2N3OS2. The number of amides is 1. The first kappa shape index (κ1) is 18.1. The van der Waals surface area contributed by atoms with Gasteiger partial charge in [0.25, 0.3) is 5.92 Å². The Morgan fingerprint density at radius 2 is 2.14 bits per heavy atom. The Balaban J connectivity index is 0.00000220. The Kier molecular flexibility index (Phi) is 6.79. The highest BCUT2D eigenvalue weighted by atomic mass is 35.5.